The molecule has 0 atom stereocenters. The van der Waals surface area contributed by atoms with E-state index < -0.39 is 0 Å². The van der Waals surface area contributed by atoms with E-state index in [0.717, 1.165) is 11.3 Å². The van der Waals surface area contributed by atoms with Crippen LogP contribution < -0.4 is 11.5 Å². The molecule has 0 aliphatic carbocycles. The normalized spacial score (nSPS) is 10.9. The topological polar surface area (TPSA) is 76.8 Å². The summed E-state index contributed by atoms with van der Waals surface area (Å²) in [4.78, 5) is 0. The quantitative estimate of drug-likeness (QED) is 0.606. The molecule has 4 heteroatoms. The zero-order valence-electron chi connectivity index (χ0n) is 9.59. The van der Waals surface area contributed by atoms with Gasteiger partial charge >= 0.3 is 0 Å². The first-order valence-electron chi connectivity index (χ1n) is 5.30. The monoisotopic (exact) mass is 226 g/mol. The maximum atomic E-state index is 5.81. The summed E-state index contributed by atoms with van der Waals surface area (Å²) < 4.78 is 0. The Labute approximate surface area is 100.0 Å². The summed E-state index contributed by atoms with van der Waals surface area (Å²) in [7, 11) is 0. The first-order chi connectivity index (χ1) is 8.18. The van der Waals surface area contributed by atoms with Gasteiger partial charge in [-0.15, -0.1) is 5.11 Å². The molecule has 2 aromatic rings. The number of benzene rings is 2. The second-order valence-corrected chi connectivity index (χ2v) is 3.77. The summed E-state index contributed by atoms with van der Waals surface area (Å²) in [6, 6.07) is 13.1. The Kier molecular flexibility index (Phi) is 3.05. The van der Waals surface area contributed by atoms with Crippen LogP contribution in [0.5, 0.6) is 0 Å². The second kappa shape index (κ2) is 4.65. The Morgan fingerprint density at radius 2 is 1.47 bits per heavy atom. The van der Waals surface area contributed by atoms with E-state index in [1.807, 2.05) is 31.2 Å². The lowest BCUT2D eigenvalue weighted by Gasteiger charge is -2.02. The molecule has 0 spiro atoms. The second-order valence-electron chi connectivity index (χ2n) is 3.77. The van der Waals surface area contributed by atoms with Crippen LogP contribution in [0.15, 0.2) is 52.7 Å². The molecular weight excluding hydrogens is 212 g/mol. The molecule has 17 heavy (non-hydrogen) atoms. The molecule has 0 unspecified atom stereocenters. The van der Waals surface area contributed by atoms with E-state index in [1.165, 1.54) is 0 Å². The molecule has 2 aromatic carbocycles. The molecule has 0 heterocycles. The molecule has 0 amide bonds. The number of para-hydroxylation sites is 1. The molecule has 2 rings (SSSR count). The van der Waals surface area contributed by atoms with Crippen molar-refractivity contribution in [1.29, 1.82) is 0 Å². The third-order valence-corrected chi connectivity index (χ3v) is 2.50. The Morgan fingerprint density at radius 3 is 2.24 bits per heavy atom. The van der Waals surface area contributed by atoms with Gasteiger partial charge in [0.25, 0.3) is 0 Å². The van der Waals surface area contributed by atoms with E-state index in [1.54, 1.807) is 18.2 Å². The van der Waals surface area contributed by atoms with Crippen molar-refractivity contribution in [3.63, 3.8) is 0 Å². The van der Waals surface area contributed by atoms with Crippen LogP contribution in [0, 0.1) is 6.92 Å². The number of nitrogens with two attached hydrogens (primary N) is 2. The third-order valence-electron chi connectivity index (χ3n) is 2.50. The van der Waals surface area contributed by atoms with Crippen LogP contribution in [-0.4, -0.2) is 0 Å². The van der Waals surface area contributed by atoms with Crippen molar-refractivity contribution >= 4 is 22.7 Å². The zero-order valence-corrected chi connectivity index (χ0v) is 9.59. The lowest BCUT2D eigenvalue weighted by Crippen LogP contribution is -1.93. The van der Waals surface area contributed by atoms with Crippen molar-refractivity contribution in [2.24, 2.45) is 10.2 Å². The molecular formula is C13H14N4. The standard InChI is InChI=1S/C13H14N4/c1-9-5-2-3-7-11(9)16-17-12-8-4-6-10(14)13(12)15/h2-8H,14-15H2,1H3. The van der Waals surface area contributed by atoms with Crippen LogP contribution in [0.1, 0.15) is 5.56 Å². The van der Waals surface area contributed by atoms with Crippen molar-refractivity contribution in [1.82, 2.24) is 0 Å². The van der Waals surface area contributed by atoms with Gasteiger partial charge < -0.3 is 11.5 Å². The number of nitrogens with zero attached hydrogens (tertiary/aromatic N) is 2. The highest BCUT2D eigenvalue weighted by Gasteiger charge is 2.00. The Morgan fingerprint density at radius 1 is 0.824 bits per heavy atom. The highest BCUT2D eigenvalue weighted by molar-refractivity contribution is 5.76. The van der Waals surface area contributed by atoms with Crippen LogP contribution in [0.3, 0.4) is 0 Å². The van der Waals surface area contributed by atoms with Crippen LogP contribution in [0.25, 0.3) is 0 Å². The van der Waals surface area contributed by atoms with Crippen LogP contribution in [0.4, 0.5) is 22.7 Å². The molecule has 4 N–H and O–H groups in total. The summed E-state index contributed by atoms with van der Waals surface area (Å²) in [5.74, 6) is 0. The van der Waals surface area contributed by atoms with Gasteiger partial charge in [-0.25, -0.2) is 0 Å². The fourth-order valence-electron chi connectivity index (χ4n) is 1.44. The molecule has 0 bridgehead atoms. The molecule has 86 valence electrons. The predicted molar refractivity (Wildman–Crippen MR) is 70.6 cm³/mol. The highest BCUT2D eigenvalue weighted by atomic mass is 15.1. The lowest BCUT2D eigenvalue weighted by atomic mass is 10.2. The Hall–Kier alpha value is -2.36. The van der Waals surface area contributed by atoms with Crippen molar-refractivity contribution < 1.29 is 0 Å². The fraction of sp³-hybridized carbons (Fsp3) is 0.0769. The molecule has 0 aliphatic rings. The van der Waals surface area contributed by atoms with E-state index in [4.69, 9.17) is 11.5 Å². The minimum absolute atomic E-state index is 0.463. The van der Waals surface area contributed by atoms with E-state index in [2.05, 4.69) is 10.2 Å². The summed E-state index contributed by atoms with van der Waals surface area (Å²) in [6.45, 7) is 1.98. The lowest BCUT2D eigenvalue weighted by molar-refractivity contribution is 1.21. The van der Waals surface area contributed by atoms with Gasteiger partial charge in [-0.1, -0.05) is 24.3 Å². The van der Waals surface area contributed by atoms with Gasteiger partial charge in [-0.05, 0) is 30.7 Å². The van der Waals surface area contributed by atoms with Crippen molar-refractivity contribution in [2.75, 3.05) is 11.5 Å². The van der Waals surface area contributed by atoms with E-state index in [-0.39, 0.29) is 0 Å². The zero-order chi connectivity index (χ0) is 12.3. The minimum Gasteiger partial charge on any atom is -0.397 e. The molecule has 0 saturated heterocycles. The number of azo groups is 1. The summed E-state index contributed by atoms with van der Waals surface area (Å²) in [5, 5.41) is 8.29. The van der Waals surface area contributed by atoms with Crippen molar-refractivity contribution in [3.8, 4) is 0 Å². The number of hydrogen-bond donors (Lipinski definition) is 2. The maximum Gasteiger partial charge on any atom is 0.111 e. The van der Waals surface area contributed by atoms with Gasteiger partial charge in [0.15, 0.2) is 0 Å². The Bertz CT molecular complexity index is 561. The number of rotatable bonds is 2. The van der Waals surface area contributed by atoms with Gasteiger partial charge in [0.2, 0.25) is 0 Å². The minimum atomic E-state index is 0.463. The molecule has 0 fully saturated rings. The predicted octanol–water partition coefficient (Wildman–Crippen LogP) is 3.57. The van der Waals surface area contributed by atoms with Crippen LogP contribution in [-0.2, 0) is 0 Å². The van der Waals surface area contributed by atoms with E-state index >= 15 is 0 Å². The van der Waals surface area contributed by atoms with Crippen LogP contribution in [0.2, 0.25) is 0 Å². The van der Waals surface area contributed by atoms with Crippen LogP contribution >= 0.6 is 0 Å². The number of aryl methyl sites for hydroxylation is 1. The third kappa shape index (κ3) is 2.42. The summed E-state index contributed by atoms with van der Waals surface area (Å²) in [6.07, 6.45) is 0. The average molecular weight is 226 g/mol. The van der Waals surface area contributed by atoms with Crippen molar-refractivity contribution in [2.45, 2.75) is 6.92 Å². The summed E-state index contributed by atoms with van der Waals surface area (Å²) >= 11 is 0. The van der Waals surface area contributed by atoms with E-state index in [0.29, 0.717) is 17.1 Å². The summed E-state index contributed by atoms with van der Waals surface area (Å²) in [5.41, 5.74) is 15.0. The molecule has 0 aromatic heterocycles. The first-order valence-corrected chi connectivity index (χ1v) is 5.30. The number of nitrogen functional groups attached to an aromatic ring is 2. The van der Waals surface area contributed by atoms with Crippen molar-refractivity contribution in [3.05, 3.63) is 48.0 Å². The molecule has 4 nitrogen and oxygen atoms in total. The molecule has 0 aliphatic heterocycles. The number of anilines is 2. The highest BCUT2D eigenvalue weighted by Crippen LogP contribution is 2.29. The molecule has 0 saturated carbocycles. The Balaban J connectivity index is 2.33. The van der Waals surface area contributed by atoms with Gasteiger partial charge in [0.05, 0.1) is 17.1 Å². The maximum absolute atomic E-state index is 5.81. The van der Waals surface area contributed by atoms with Gasteiger partial charge in [-0.2, -0.15) is 5.11 Å². The SMILES string of the molecule is Cc1ccccc1N=Nc1cccc(N)c1N. The largest absolute Gasteiger partial charge is 0.397 e. The fourth-order valence-corrected chi connectivity index (χ4v) is 1.44. The smallest absolute Gasteiger partial charge is 0.111 e. The van der Waals surface area contributed by atoms with E-state index in [9.17, 15) is 0 Å². The first kappa shape index (κ1) is 11.1. The number of hydrogen-bond acceptors (Lipinski definition) is 4. The van der Waals surface area contributed by atoms with Gasteiger partial charge in [0.1, 0.15) is 5.69 Å². The van der Waals surface area contributed by atoms with Gasteiger partial charge in [-0.3, -0.25) is 0 Å². The molecule has 0 radical (unpaired) electrons. The van der Waals surface area contributed by atoms with Gasteiger partial charge in [0, 0.05) is 0 Å². The average Bonchev–Trinajstić information content (AvgIpc) is 2.33.